The standard InChI is InChI=1S/C17H23ClN2O4/c18-14-5-3-12(4-6-14)16(23)13-7-10-20(11-8-13)17(24)19-9-1-2-15(21)22/h3-6,13,16,23H,1-2,7-11H2,(H,19,24)(H,21,22). The van der Waals surface area contributed by atoms with E-state index in [4.69, 9.17) is 16.7 Å². The van der Waals surface area contributed by atoms with Gasteiger partial charge in [-0.25, -0.2) is 4.79 Å². The zero-order chi connectivity index (χ0) is 17.5. The summed E-state index contributed by atoms with van der Waals surface area (Å²) in [7, 11) is 0. The third-order valence-electron chi connectivity index (χ3n) is 4.33. The molecule has 1 atom stereocenters. The number of piperidine rings is 1. The molecule has 2 amide bonds. The maximum absolute atomic E-state index is 12.0. The van der Waals surface area contributed by atoms with Crippen LogP contribution < -0.4 is 5.32 Å². The van der Waals surface area contributed by atoms with Gasteiger partial charge in [0.05, 0.1) is 6.10 Å². The molecule has 0 radical (unpaired) electrons. The summed E-state index contributed by atoms with van der Waals surface area (Å²) in [5, 5.41) is 22.4. The van der Waals surface area contributed by atoms with Crippen LogP contribution in [0, 0.1) is 5.92 Å². The highest BCUT2D eigenvalue weighted by Crippen LogP contribution is 2.31. The highest BCUT2D eigenvalue weighted by Gasteiger charge is 2.28. The van der Waals surface area contributed by atoms with E-state index in [1.165, 1.54) is 0 Å². The van der Waals surface area contributed by atoms with Crippen LogP contribution in [-0.4, -0.2) is 46.7 Å². The van der Waals surface area contributed by atoms with Crippen LogP contribution in [0.5, 0.6) is 0 Å². The third-order valence-corrected chi connectivity index (χ3v) is 4.58. The highest BCUT2D eigenvalue weighted by atomic mass is 35.5. The number of likely N-dealkylation sites (tertiary alicyclic amines) is 1. The van der Waals surface area contributed by atoms with E-state index in [1.54, 1.807) is 17.0 Å². The summed E-state index contributed by atoms with van der Waals surface area (Å²) in [6.07, 6.45) is 1.38. The number of carboxylic acids is 1. The summed E-state index contributed by atoms with van der Waals surface area (Å²) in [5.41, 5.74) is 0.843. The van der Waals surface area contributed by atoms with E-state index in [0.29, 0.717) is 31.1 Å². The Morgan fingerprint density at radius 2 is 1.88 bits per heavy atom. The molecule has 0 saturated carbocycles. The van der Waals surface area contributed by atoms with Gasteiger partial charge < -0.3 is 20.4 Å². The van der Waals surface area contributed by atoms with Gasteiger partial charge in [-0.3, -0.25) is 4.79 Å². The van der Waals surface area contributed by atoms with E-state index in [2.05, 4.69) is 5.32 Å². The monoisotopic (exact) mass is 354 g/mol. The molecule has 1 aromatic carbocycles. The average Bonchev–Trinajstić information content (AvgIpc) is 2.58. The minimum Gasteiger partial charge on any atom is -0.481 e. The molecule has 0 aromatic heterocycles. The Hall–Kier alpha value is -1.79. The maximum Gasteiger partial charge on any atom is 0.317 e. The number of amides is 2. The van der Waals surface area contributed by atoms with Gasteiger partial charge in [0.15, 0.2) is 0 Å². The van der Waals surface area contributed by atoms with Crippen LogP contribution in [0.4, 0.5) is 4.79 Å². The molecule has 6 nitrogen and oxygen atoms in total. The van der Waals surface area contributed by atoms with Crippen molar-refractivity contribution in [3.05, 3.63) is 34.9 Å². The Labute approximate surface area is 146 Å². The number of urea groups is 1. The van der Waals surface area contributed by atoms with Crippen molar-refractivity contribution in [3.8, 4) is 0 Å². The minimum atomic E-state index is -0.860. The number of hydrogen-bond donors (Lipinski definition) is 3. The van der Waals surface area contributed by atoms with Crippen LogP contribution >= 0.6 is 11.6 Å². The van der Waals surface area contributed by atoms with Gasteiger partial charge in [-0.1, -0.05) is 23.7 Å². The SMILES string of the molecule is O=C(O)CCCNC(=O)N1CCC(C(O)c2ccc(Cl)cc2)CC1. The van der Waals surface area contributed by atoms with E-state index in [-0.39, 0.29) is 18.4 Å². The van der Waals surface area contributed by atoms with Crippen LogP contribution in [-0.2, 0) is 4.79 Å². The van der Waals surface area contributed by atoms with Gasteiger partial charge in [-0.2, -0.15) is 0 Å². The lowest BCUT2D eigenvalue weighted by Gasteiger charge is -2.34. The van der Waals surface area contributed by atoms with Crippen LogP contribution in [0.15, 0.2) is 24.3 Å². The van der Waals surface area contributed by atoms with Crippen molar-refractivity contribution in [2.24, 2.45) is 5.92 Å². The predicted octanol–water partition coefficient (Wildman–Crippen LogP) is 2.66. The van der Waals surface area contributed by atoms with Gasteiger partial charge >= 0.3 is 12.0 Å². The van der Waals surface area contributed by atoms with Crippen molar-refractivity contribution in [3.63, 3.8) is 0 Å². The van der Waals surface area contributed by atoms with E-state index in [9.17, 15) is 14.7 Å². The first kappa shape index (κ1) is 18.5. The Bertz CT molecular complexity index is 556. The second kappa shape index (κ2) is 8.89. The first-order valence-corrected chi connectivity index (χ1v) is 8.53. The molecule has 1 aliphatic heterocycles. The highest BCUT2D eigenvalue weighted by molar-refractivity contribution is 6.30. The van der Waals surface area contributed by atoms with Crippen molar-refractivity contribution in [2.45, 2.75) is 31.8 Å². The molecule has 3 N–H and O–H groups in total. The largest absolute Gasteiger partial charge is 0.481 e. The fourth-order valence-corrected chi connectivity index (χ4v) is 3.02. The first-order chi connectivity index (χ1) is 11.5. The molecule has 1 heterocycles. The molecular weight excluding hydrogens is 332 g/mol. The lowest BCUT2D eigenvalue weighted by Crippen LogP contribution is -2.45. The number of hydrogen-bond acceptors (Lipinski definition) is 3. The molecular formula is C17H23ClN2O4. The Balaban J connectivity index is 1.75. The fraction of sp³-hybridized carbons (Fsp3) is 0.529. The van der Waals surface area contributed by atoms with Crippen molar-refractivity contribution in [1.82, 2.24) is 10.2 Å². The van der Waals surface area contributed by atoms with Gasteiger partial charge in [0.2, 0.25) is 0 Å². The zero-order valence-corrected chi connectivity index (χ0v) is 14.2. The lowest BCUT2D eigenvalue weighted by atomic mass is 9.87. The molecule has 1 saturated heterocycles. The van der Waals surface area contributed by atoms with Crippen molar-refractivity contribution >= 4 is 23.6 Å². The van der Waals surface area contributed by atoms with Gasteiger partial charge in [-0.05, 0) is 42.9 Å². The molecule has 0 bridgehead atoms. The number of aliphatic hydroxyl groups is 1. The molecule has 24 heavy (non-hydrogen) atoms. The average molecular weight is 355 g/mol. The molecule has 0 spiro atoms. The van der Waals surface area contributed by atoms with Crippen LogP contribution in [0.25, 0.3) is 0 Å². The first-order valence-electron chi connectivity index (χ1n) is 8.15. The summed E-state index contributed by atoms with van der Waals surface area (Å²) in [5.74, 6) is -0.747. The predicted molar refractivity (Wildman–Crippen MR) is 91.0 cm³/mol. The summed E-state index contributed by atoms with van der Waals surface area (Å²) >= 11 is 5.86. The second-order valence-electron chi connectivity index (χ2n) is 6.05. The number of halogens is 1. The van der Waals surface area contributed by atoms with Crippen LogP contribution in [0.2, 0.25) is 5.02 Å². The van der Waals surface area contributed by atoms with Crippen molar-refractivity contribution < 1.29 is 19.8 Å². The molecule has 1 aliphatic rings. The topological polar surface area (TPSA) is 89.9 Å². The normalized spacial score (nSPS) is 16.7. The van der Waals surface area contributed by atoms with Crippen molar-refractivity contribution in [2.75, 3.05) is 19.6 Å². The number of nitrogens with one attached hydrogen (secondary N) is 1. The number of rotatable bonds is 6. The molecule has 1 fully saturated rings. The molecule has 132 valence electrons. The summed E-state index contributed by atoms with van der Waals surface area (Å²) in [4.78, 5) is 24.2. The zero-order valence-electron chi connectivity index (χ0n) is 13.4. The van der Waals surface area contributed by atoms with Crippen molar-refractivity contribution in [1.29, 1.82) is 0 Å². The minimum absolute atomic E-state index is 0.0512. The number of carboxylic acid groups (broad SMARTS) is 1. The van der Waals surface area contributed by atoms with E-state index in [1.807, 2.05) is 12.1 Å². The lowest BCUT2D eigenvalue weighted by molar-refractivity contribution is -0.137. The molecule has 1 aromatic rings. The Kier molecular flexibility index (Phi) is 6.87. The Morgan fingerprint density at radius 1 is 1.25 bits per heavy atom. The van der Waals surface area contributed by atoms with Crippen LogP contribution in [0.1, 0.15) is 37.4 Å². The number of aliphatic carboxylic acids is 1. The summed E-state index contributed by atoms with van der Waals surface area (Å²) < 4.78 is 0. The van der Waals surface area contributed by atoms with Gasteiger partial charge in [0.1, 0.15) is 0 Å². The number of carbonyl (C=O) groups is 2. The van der Waals surface area contributed by atoms with E-state index in [0.717, 1.165) is 18.4 Å². The maximum atomic E-state index is 12.0. The summed E-state index contributed by atoms with van der Waals surface area (Å²) in [6, 6.07) is 7.02. The number of benzene rings is 1. The van der Waals surface area contributed by atoms with Gasteiger partial charge in [-0.15, -0.1) is 0 Å². The van der Waals surface area contributed by atoms with Crippen LogP contribution in [0.3, 0.4) is 0 Å². The third kappa shape index (κ3) is 5.39. The summed E-state index contributed by atoms with van der Waals surface area (Å²) in [6.45, 7) is 1.53. The van der Waals surface area contributed by atoms with Gasteiger partial charge in [0.25, 0.3) is 0 Å². The number of nitrogens with zero attached hydrogens (tertiary/aromatic N) is 1. The fourth-order valence-electron chi connectivity index (χ4n) is 2.90. The second-order valence-corrected chi connectivity index (χ2v) is 6.49. The smallest absolute Gasteiger partial charge is 0.317 e. The van der Waals surface area contributed by atoms with Gasteiger partial charge in [0, 0.05) is 31.1 Å². The molecule has 1 unspecified atom stereocenters. The molecule has 0 aliphatic carbocycles. The number of aliphatic hydroxyl groups excluding tert-OH is 1. The quantitative estimate of drug-likeness (QED) is 0.685. The van der Waals surface area contributed by atoms with E-state index >= 15 is 0 Å². The molecule has 2 rings (SSSR count). The molecule has 7 heteroatoms. The number of carbonyl (C=O) groups excluding carboxylic acids is 1. The van der Waals surface area contributed by atoms with E-state index < -0.39 is 12.1 Å². The Morgan fingerprint density at radius 3 is 2.46 bits per heavy atom.